The van der Waals surface area contributed by atoms with Crippen molar-refractivity contribution >= 4 is 21.6 Å². The van der Waals surface area contributed by atoms with E-state index in [4.69, 9.17) is 5.14 Å². The summed E-state index contributed by atoms with van der Waals surface area (Å²) >= 11 is 0. The van der Waals surface area contributed by atoms with Crippen LogP contribution < -0.4 is 10.5 Å². The first-order valence-corrected chi connectivity index (χ1v) is 7.84. The molecule has 2 rings (SSSR count). The number of carbonyl (C=O) groups excluding carboxylic acids is 1. The number of anilines is 1. The summed E-state index contributed by atoms with van der Waals surface area (Å²) in [6.45, 7) is 3.82. The van der Waals surface area contributed by atoms with Crippen LogP contribution >= 0.6 is 0 Å². The van der Waals surface area contributed by atoms with Crippen LogP contribution in [-0.4, -0.2) is 14.3 Å². The average molecular weight is 304 g/mol. The second-order valence-electron chi connectivity index (χ2n) is 4.74. The van der Waals surface area contributed by atoms with Gasteiger partial charge in [0.05, 0.1) is 10.5 Å². The maximum Gasteiger partial charge on any atom is 0.257 e. The number of benzene rings is 2. The predicted molar refractivity (Wildman–Crippen MR) is 81.7 cm³/mol. The topological polar surface area (TPSA) is 89.3 Å². The predicted octanol–water partition coefficient (Wildman–Crippen LogP) is 2.20. The maximum absolute atomic E-state index is 12.3. The first kappa shape index (κ1) is 15.2. The molecule has 0 bridgehead atoms. The molecule has 0 saturated heterocycles. The zero-order chi connectivity index (χ0) is 15.6. The zero-order valence-electron chi connectivity index (χ0n) is 11.8. The molecule has 110 valence electrons. The van der Waals surface area contributed by atoms with E-state index in [2.05, 4.69) is 5.32 Å². The second kappa shape index (κ2) is 5.67. The van der Waals surface area contributed by atoms with Crippen molar-refractivity contribution in [1.82, 2.24) is 0 Å². The number of aryl methyl sites for hydroxylation is 1. The maximum atomic E-state index is 12.3. The molecule has 6 heteroatoms. The molecule has 0 radical (unpaired) electrons. The summed E-state index contributed by atoms with van der Waals surface area (Å²) in [5.41, 5.74) is 2.64. The van der Waals surface area contributed by atoms with Crippen LogP contribution in [0.1, 0.15) is 21.5 Å². The molecule has 0 fully saturated rings. The molecule has 3 N–H and O–H groups in total. The molecule has 2 aromatic carbocycles. The van der Waals surface area contributed by atoms with Crippen molar-refractivity contribution in [1.29, 1.82) is 0 Å². The van der Waals surface area contributed by atoms with Crippen molar-refractivity contribution in [3.05, 3.63) is 59.2 Å². The zero-order valence-corrected chi connectivity index (χ0v) is 12.6. The fourth-order valence-corrected chi connectivity index (χ4v) is 2.71. The third-order valence-corrected chi connectivity index (χ3v) is 4.26. The van der Waals surface area contributed by atoms with Crippen LogP contribution in [0.5, 0.6) is 0 Å². The van der Waals surface area contributed by atoms with Crippen LogP contribution in [0, 0.1) is 13.8 Å². The van der Waals surface area contributed by atoms with Crippen molar-refractivity contribution in [3.8, 4) is 0 Å². The highest BCUT2D eigenvalue weighted by Gasteiger charge is 2.19. The lowest BCUT2D eigenvalue weighted by atomic mass is 10.1. The van der Waals surface area contributed by atoms with E-state index in [1.807, 2.05) is 26.0 Å². The van der Waals surface area contributed by atoms with E-state index >= 15 is 0 Å². The Bertz CT molecular complexity index is 798. The summed E-state index contributed by atoms with van der Waals surface area (Å²) in [5, 5.41) is 7.86. The van der Waals surface area contributed by atoms with Gasteiger partial charge in [0.15, 0.2) is 0 Å². The molecule has 0 unspecified atom stereocenters. The van der Waals surface area contributed by atoms with E-state index in [1.165, 1.54) is 18.2 Å². The molecule has 0 aliphatic heterocycles. The molecule has 21 heavy (non-hydrogen) atoms. The van der Waals surface area contributed by atoms with E-state index < -0.39 is 15.9 Å². The fraction of sp³-hybridized carbons (Fsp3) is 0.133. The lowest BCUT2D eigenvalue weighted by Crippen LogP contribution is -2.20. The van der Waals surface area contributed by atoms with Gasteiger partial charge in [-0.25, -0.2) is 13.6 Å². The van der Waals surface area contributed by atoms with E-state index in [9.17, 15) is 13.2 Å². The summed E-state index contributed by atoms with van der Waals surface area (Å²) < 4.78 is 23.1. The Balaban J connectivity index is 2.41. The summed E-state index contributed by atoms with van der Waals surface area (Å²) in [6.07, 6.45) is 0. The molecule has 5 nitrogen and oxygen atoms in total. The third kappa shape index (κ3) is 3.29. The van der Waals surface area contributed by atoms with Gasteiger partial charge in [0.1, 0.15) is 0 Å². The van der Waals surface area contributed by atoms with Crippen molar-refractivity contribution in [2.24, 2.45) is 5.14 Å². The number of rotatable bonds is 3. The number of hydrogen-bond acceptors (Lipinski definition) is 3. The van der Waals surface area contributed by atoms with Gasteiger partial charge in [-0.1, -0.05) is 24.3 Å². The Morgan fingerprint density at radius 1 is 1.05 bits per heavy atom. The normalized spacial score (nSPS) is 11.2. The standard InChI is InChI=1S/C15H16N2O3S/c1-10-6-5-8-13(11(10)2)17-15(18)12-7-3-4-9-14(12)21(16,19)20/h3-9H,1-2H3,(H,17,18)(H2,16,19,20). The number of nitrogens with two attached hydrogens (primary N) is 1. The van der Waals surface area contributed by atoms with Crippen LogP contribution in [0.4, 0.5) is 5.69 Å². The van der Waals surface area contributed by atoms with E-state index in [-0.39, 0.29) is 10.5 Å². The summed E-state index contributed by atoms with van der Waals surface area (Å²) in [7, 11) is -3.95. The van der Waals surface area contributed by atoms with Crippen LogP contribution in [0.2, 0.25) is 0 Å². The molecule has 1 amide bonds. The van der Waals surface area contributed by atoms with Crippen LogP contribution in [0.3, 0.4) is 0 Å². The largest absolute Gasteiger partial charge is 0.322 e. The van der Waals surface area contributed by atoms with Gasteiger partial charge >= 0.3 is 0 Å². The first-order chi connectivity index (χ1) is 9.80. The Hall–Kier alpha value is -2.18. The lowest BCUT2D eigenvalue weighted by molar-refractivity contribution is 0.102. The minimum Gasteiger partial charge on any atom is -0.322 e. The Morgan fingerprint density at radius 2 is 1.71 bits per heavy atom. The lowest BCUT2D eigenvalue weighted by Gasteiger charge is -2.12. The van der Waals surface area contributed by atoms with E-state index in [0.29, 0.717) is 5.69 Å². The average Bonchev–Trinajstić information content (AvgIpc) is 2.43. The minimum atomic E-state index is -3.95. The highest BCUT2D eigenvalue weighted by molar-refractivity contribution is 7.89. The molecule has 2 aromatic rings. The number of sulfonamides is 1. The molecule has 0 aromatic heterocycles. The molecule has 0 aliphatic carbocycles. The second-order valence-corrected chi connectivity index (χ2v) is 6.27. The molecular weight excluding hydrogens is 288 g/mol. The Morgan fingerprint density at radius 3 is 2.38 bits per heavy atom. The first-order valence-electron chi connectivity index (χ1n) is 6.30. The highest BCUT2D eigenvalue weighted by atomic mass is 32.2. The number of nitrogens with one attached hydrogen (secondary N) is 1. The van der Waals surface area contributed by atoms with Gasteiger partial charge in [-0.3, -0.25) is 4.79 Å². The molecule has 0 spiro atoms. The SMILES string of the molecule is Cc1cccc(NC(=O)c2ccccc2S(N)(=O)=O)c1C. The minimum absolute atomic E-state index is 0.0286. The monoisotopic (exact) mass is 304 g/mol. The Kier molecular flexibility index (Phi) is 4.11. The number of hydrogen-bond donors (Lipinski definition) is 2. The Labute approximate surface area is 123 Å². The van der Waals surface area contributed by atoms with Gasteiger partial charge in [-0.05, 0) is 43.2 Å². The van der Waals surface area contributed by atoms with Crippen LogP contribution in [0.15, 0.2) is 47.4 Å². The number of carbonyl (C=O) groups is 1. The molecule has 0 atom stereocenters. The summed E-state index contributed by atoms with van der Waals surface area (Å²) in [6, 6.07) is 11.4. The molecule has 0 heterocycles. The van der Waals surface area contributed by atoms with Gasteiger partial charge in [0, 0.05) is 5.69 Å². The highest BCUT2D eigenvalue weighted by Crippen LogP contribution is 2.20. The fourth-order valence-electron chi connectivity index (χ4n) is 1.98. The van der Waals surface area contributed by atoms with Gasteiger partial charge in [-0.15, -0.1) is 0 Å². The third-order valence-electron chi connectivity index (χ3n) is 3.29. The van der Waals surface area contributed by atoms with E-state index in [0.717, 1.165) is 11.1 Å². The van der Waals surface area contributed by atoms with Crippen molar-refractivity contribution < 1.29 is 13.2 Å². The van der Waals surface area contributed by atoms with Crippen molar-refractivity contribution in [2.75, 3.05) is 5.32 Å². The number of primary sulfonamides is 1. The number of amides is 1. The summed E-state index contributed by atoms with van der Waals surface area (Å²) in [5.74, 6) is -0.506. The van der Waals surface area contributed by atoms with Crippen LogP contribution in [-0.2, 0) is 10.0 Å². The summed E-state index contributed by atoms with van der Waals surface area (Å²) in [4.78, 5) is 12.1. The van der Waals surface area contributed by atoms with Gasteiger partial charge in [-0.2, -0.15) is 0 Å². The molecule has 0 saturated carbocycles. The van der Waals surface area contributed by atoms with E-state index in [1.54, 1.807) is 12.1 Å². The molecular formula is C15H16N2O3S. The smallest absolute Gasteiger partial charge is 0.257 e. The van der Waals surface area contributed by atoms with Gasteiger partial charge in [0.25, 0.3) is 5.91 Å². The quantitative estimate of drug-likeness (QED) is 0.911. The van der Waals surface area contributed by atoms with Gasteiger partial charge in [0.2, 0.25) is 10.0 Å². The van der Waals surface area contributed by atoms with Crippen molar-refractivity contribution in [3.63, 3.8) is 0 Å². The molecule has 0 aliphatic rings. The van der Waals surface area contributed by atoms with Crippen LogP contribution in [0.25, 0.3) is 0 Å². The van der Waals surface area contributed by atoms with Gasteiger partial charge < -0.3 is 5.32 Å². The van der Waals surface area contributed by atoms with Crippen molar-refractivity contribution in [2.45, 2.75) is 18.7 Å².